The van der Waals surface area contributed by atoms with Crippen LogP contribution >= 0.6 is 11.6 Å². The number of rotatable bonds is 1. The van der Waals surface area contributed by atoms with Crippen molar-refractivity contribution >= 4 is 17.3 Å². The number of anilines is 1. The molecule has 2 unspecified atom stereocenters. The highest BCUT2D eigenvalue weighted by Crippen LogP contribution is 2.41. The number of hydrogen-bond acceptors (Lipinski definition) is 3. The van der Waals surface area contributed by atoms with Crippen LogP contribution in [0, 0.1) is 5.92 Å². The predicted octanol–water partition coefficient (Wildman–Crippen LogP) is 1.42. The molecule has 0 aromatic carbocycles. The molecule has 1 aliphatic carbocycles. The monoisotopic (exact) mass is 239 g/mol. The second-order valence-corrected chi connectivity index (χ2v) is 5.14. The summed E-state index contributed by atoms with van der Waals surface area (Å²) in [5, 5.41) is 4.36. The fraction of sp³-hybridized carbons (Fsp3) is 0.636. The zero-order valence-corrected chi connectivity index (χ0v) is 9.94. The molecule has 2 heterocycles. The van der Waals surface area contributed by atoms with Gasteiger partial charge in [0.15, 0.2) is 0 Å². The standard InChI is InChI=1S/C11H14ClN3O/c1-14-11(16)10(12)9(5-13-14)15-6-7-2-3-8(15)4-7/h5,7-8H,2-4,6H2,1H3. The van der Waals surface area contributed by atoms with Gasteiger partial charge in [0.2, 0.25) is 0 Å². The van der Waals surface area contributed by atoms with Gasteiger partial charge in [0.1, 0.15) is 5.02 Å². The molecular weight excluding hydrogens is 226 g/mol. The third kappa shape index (κ3) is 1.36. The summed E-state index contributed by atoms with van der Waals surface area (Å²) >= 11 is 6.10. The maximum absolute atomic E-state index is 11.7. The molecule has 4 nitrogen and oxygen atoms in total. The average Bonchev–Trinajstić information content (AvgIpc) is 2.88. The first kappa shape index (κ1) is 10.1. The summed E-state index contributed by atoms with van der Waals surface area (Å²) in [5.74, 6) is 0.783. The van der Waals surface area contributed by atoms with Crippen molar-refractivity contribution in [2.75, 3.05) is 11.4 Å². The number of aryl methyl sites for hydroxylation is 1. The molecule has 0 radical (unpaired) electrons. The molecule has 2 aliphatic rings. The lowest BCUT2D eigenvalue weighted by molar-refractivity contribution is 0.551. The van der Waals surface area contributed by atoms with Crippen LogP contribution in [0.2, 0.25) is 5.02 Å². The van der Waals surface area contributed by atoms with Crippen molar-refractivity contribution in [3.63, 3.8) is 0 Å². The molecule has 0 amide bonds. The van der Waals surface area contributed by atoms with Crippen molar-refractivity contribution in [2.45, 2.75) is 25.3 Å². The normalized spacial score (nSPS) is 27.8. The Morgan fingerprint density at radius 1 is 1.50 bits per heavy atom. The van der Waals surface area contributed by atoms with Gasteiger partial charge >= 0.3 is 0 Å². The highest BCUT2D eigenvalue weighted by atomic mass is 35.5. The van der Waals surface area contributed by atoms with Gasteiger partial charge < -0.3 is 4.90 Å². The van der Waals surface area contributed by atoms with Crippen LogP contribution in [0.3, 0.4) is 0 Å². The summed E-state index contributed by atoms with van der Waals surface area (Å²) in [5.41, 5.74) is 0.610. The third-order valence-corrected chi connectivity index (χ3v) is 4.13. The van der Waals surface area contributed by atoms with E-state index in [2.05, 4.69) is 10.00 Å². The summed E-state index contributed by atoms with van der Waals surface area (Å²) in [6, 6.07) is 0.566. The molecule has 0 N–H and O–H groups in total. The van der Waals surface area contributed by atoms with Gasteiger partial charge in [0, 0.05) is 19.6 Å². The highest BCUT2D eigenvalue weighted by molar-refractivity contribution is 6.33. The largest absolute Gasteiger partial charge is 0.366 e. The Morgan fingerprint density at radius 2 is 2.31 bits per heavy atom. The van der Waals surface area contributed by atoms with Gasteiger partial charge in [-0.1, -0.05) is 11.6 Å². The topological polar surface area (TPSA) is 38.1 Å². The number of halogens is 1. The molecule has 16 heavy (non-hydrogen) atoms. The number of piperidine rings is 1. The van der Waals surface area contributed by atoms with Crippen molar-refractivity contribution in [3.05, 3.63) is 21.6 Å². The Hall–Kier alpha value is -1.03. The predicted molar refractivity (Wildman–Crippen MR) is 63.0 cm³/mol. The van der Waals surface area contributed by atoms with Crippen LogP contribution in [0.1, 0.15) is 19.3 Å². The Labute approximate surface area is 98.8 Å². The smallest absolute Gasteiger partial charge is 0.287 e. The van der Waals surface area contributed by atoms with E-state index in [-0.39, 0.29) is 5.56 Å². The number of fused-ring (bicyclic) bond motifs is 2. The summed E-state index contributed by atoms with van der Waals surface area (Å²) in [6.07, 6.45) is 5.49. The van der Waals surface area contributed by atoms with E-state index in [4.69, 9.17) is 11.6 Å². The molecule has 1 aromatic rings. The summed E-state index contributed by atoms with van der Waals surface area (Å²) in [4.78, 5) is 13.9. The molecule has 3 rings (SSSR count). The lowest BCUT2D eigenvalue weighted by Crippen LogP contribution is -2.34. The van der Waals surface area contributed by atoms with Crippen LogP contribution in [0.4, 0.5) is 5.69 Å². The molecular formula is C11H14ClN3O. The highest BCUT2D eigenvalue weighted by Gasteiger charge is 2.38. The van der Waals surface area contributed by atoms with Gasteiger partial charge in [-0.3, -0.25) is 4.79 Å². The van der Waals surface area contributed by atoms with Crippen molar-refractivity contribution < 1.29 is 0 Å². The number of nitrogens with zero attached hydrogens (tertiary/aromatic N) is 3. The van der Waals surface area contributed by atoms with Crippen LogP contribution in [0.25, 0.3) is 0 Å². The first-order valence-electron chi connectivity index (χ1n) is 5.65. The van der Waals surface area contributed by atoms with E-state index in [9.17, 15) is 4.79 Å². The SMILES string of the molecule is Cn1ncc(N2CC3CCC2C3)c(Cl)c1=O. The van der Waals surface area contributed by atoms with E-state index < -0.39 is 0 Å². The van der Waals surface area contributed by atoms with Crippen molar-refractivity contribution in [3.8, 4) is 0 Å². The van der Waals surface area contributed by atoms with Gasteiger partial charge in [-0.25, -0.2) is 4.68 Å². The van der Waals surface area contributed by atoms with E-state index in [1.807, 2.05) is 0 Å². The van der Waals surface area contributed by atoms with Gasteiger partial charge in [-0.15, -0.1) is 0 Å². The van der Waals surface area contributed by atoms with E-state index in [1.54, 1.807) is 13.2 Å². The average molecular weight is 240 g/mol. The van der Waals surface area contributed by atoms with Crippen LogP contribution in [-0.2, 0) is 7.05 Å². The second kappa shape index (κ2) is 3.48. The molecule has 1 saturated carbocycles. The minimum Gasteiger partial charge on any atom is -0.366 e. The Kier molecular flexibility index (Phi) is 2.21. The van der Waals surface area contributed by atoms with Gasteiger partial charge in [0.25, 0.3) is 5.56 Å². The number of hydrogen-bond donors (Lipinski definition) is 0. The molecule has 2 bridgehead atoms. The Balaban J connectivity index is 2.02. The maximum Gasteiger partial charge on any atom is 0.287 e. The molecule has 2 atom stereocenters. The molecule has 2 fully saturated rings. The van der Waals surface area contributed by atoms with Crippen LogP contribution < -0.4 is 10.5 Å². The van der Waals surface area contributed by atoms with Crippen molar-refractivity contribution in [1.82, 2.24) is 9.78 Å². The zero-order chi connectivity index (χ0) is 11.3. The summed E-state index contributed by atoms with van der Waals surface area (Å²) in [6.45, 7) is 1.03. The van der Waals surface area contributed by atoms with Crippen LogP contribution in [0.15, 0.2) is 11.0 Å². The van der Waals surface area contributed by atoms with Gasteiger partial charge in [0.05, 0.1) is 11.9 Å². The van der Waals surface area contributed by atoms with E-state index in [1.165, 1.54) is 23.9 Å². The molecule has 5 heteroatoms. The van der Waals surface area contributed by atoms with Gasteiger partial charge in [-0.2, -0.15) is 5.10 Å². The second-order valence-electron chi connectivity index (χ2n) is 4.76. The Morgan fingerprint density at radius 3 is 2.94 bits per heavy atom. The lowest BCUT2D eigenvalue weighted by Gasteiger charge is -2.29. The fourth-order valence-corrected chi connectivity index (χ4v) is 3.20. The van der Waals surface area contributed by atoms with Crippen molar-refractivity contribution in [2.24, 2.45) is 13.0 Å². The van der Waals surface area contributed by atoms with E-state index in [0.29, 0.717) is 11.1 Å². The summed E-state index contributed by atoms with van der Waals surface area (Å²) < 4.78 is 1.28. The molecule has 1 aliphatic heterocycles. The van der Waals surface area contributed by atoms with E-state index >= 15 is 0 Å². The van der Waals surface area contributed by atoms with Crippen molar-refractivity contribution in [1.29, 1.82) is 0 Å². The molecule has 0 spiro atoms. The Bertz CT molecular complexity index is 485. The minimum atomic E-state index is -0.207. The molecule has 86 valence electrons. The quantitative estimate of drug-likeness (QED) is 0.744. The maximum atomic E-state index is 11.7. The first-order valence-corrected chi connectivity index (χ1v) is 6.03. The summed E-state index contributed by atoms with van der Waals surface area (Å²) in [7, 11) is 1.62. The molecule has 1 aromatic heterocycles. The van der Waals surface area contributed by atoms with Gasteiger partial charge in [-0.05, 0) is 25.2 Å². The minimum absolute atomic E-state index is 0.207. The fourth-order valence-electron chi connectivity index (χ4n) is 2.92. The first-order chi connectivity index (χ1) is 7.66. The lowest BCUT2D eigenvalue weighted by atomic mass is 10.1. The number of aromatic nitrogens is 2. The molecule has 1 saturated heterocycles. The van der Waals surface area contributed by atoms with Crippen LogP contribution in [-0.4, -0.2) is 22.4 Å². The zero-order valence-electron chi connectivity index (χ0n) is 9.19. The van der Waals surface area contributed by atoms with Crippen LogP contribution in [0.5, 0.6) is 0 Å². The third-order valence-electron chi connectivity index (χ3n) is 3.78. The van der Waals surface area contributed by atoms with E-state index in [0.717, 1.165) is 18.2 Å².